The second-order valence-corrected chi connectivity index (χ2v) is 1.62. The molecule has 0 aromatic carbocycles. The van der Waals surface area contributed by atoms with Crippen LogP contribution in [0.3, 0.4) is 0 Å². The zero-order valence-corrected chi connectivity index (χ0v) is 4.09. The van der Waals surface area contributed by atoms with E-state index in [2.05, 4.69) is 0 Å². The molecule has 1 aliphatic heterocycles. The zero-order chi connectivity index (χ0) is 5.11. The summed E-state index contributed by atoms with van der Waals surface area (Å²) in [5, 5.41) is 0. The highest BCUT2D eigenvalue weighted by Gasteiger charge is 2.06. The molecular weight excluding hydrogens is 92.1 g/mol. The molecule has 2 heteroatoms. The van der Waals surface area contributed by atoms with Crippen LogP contribution in [0.25, 0.3) is 0 Å². The second kappa shape index (κ2) is 2.28. The molecule has 0 unspecified atom stereocenters. The van der Waals surface area contributed by atoms with Gasteiger partial charge in [0.05, 0.1) is 13.2 Å². The van der Waals surface area contributed by atoms with Gasteiger partial charge in [0.2, 0.25) is 0 Å². The van der Waals surface area contributed by atoms with Crippen molar-refractivity contribution in [2.24, 2.45) is 5.92 Å². The summed E-state index contributed by atoms with van der Waals surface area (Å²) in [6, 6.07) is 0. The lowest BCUT2D eigenvalue weighted by Gasteiger charge is -2.17. The van der Waals surface area contributed by atoms with E-state index in [1.54, 1.807) is 0 Å². The molecule has 0 amide bonds. The number of hydrogen-bond donors (Lipinski definition) is 0. The van der Waals surface area contributed by atoms with E-state index in [-0.39, 0.29) is 5.92 Å². The predicted octanol–water partition coefficient (Wildman–Crippen LogP) is 0.318. The average molecular weight is 100 g/mol. The van der Waals surface area contributed by atoms with Crippen molar-refractivity contribution in [1.82, 2.24) is 0 Å². The molecule has 1 rings (SSSR count). The Morgan fingerprint density at radius 3 is 2.14 bits per heavy atom. The van der Waals surface area contributed by atoms with Crippen LogP contribution in [0.5, 0.6) is 0 Å². The molecule has 0 bridgehead atoms. The van der Waals surface area contributed by atoms with Gasteiger partial charge in [-0.25, -0.2) is 0 Å². The van der Waals surface area contributed by atoms with Gasteiger partial charge < -0.3 is 9.47 Å². The molecule has 2 nitrogen and oxygen atoms in total. The summed E-state index contributed by atoms with van der Waals surface area (Å²) in [7, 11) is 0. The van der Waals surface area contributed by atoms with Crippen LogP contribution in [0.15, 0.2) is 0 Å². The minimum atomic E-state index is 0.0914. The predicted molar refractivity (Wildman–Crippen MR) is 24.6 cm³/mol. The third kappa shape index (κ3) is 1.45. The van der Waals surface area contributed by atoms with Gasteiger partial charge in [0.25, 0.3) is 0 Å². The topological polar surface area (TPSA) is 18.5 Å². The molecule has 2 radical (unpaired) electrons. The number of ether oxygens (including phenoxy) is 2. The molecule has 0 atom stereocenters. The first-order valence-electron chi connectivity index (χ1n) is 2.30. The third-order valence-corrected chi connectivity index (χ3v) is 0.831. The Balaban J connectivity index is 2.12. The first-order chi connectivity index (χ1) is 3.39. The molecule has 1 heterocycles. The van der Waals surface area contributed by atoms with Crippen LogP contribution in [0, 0.1) is 12.8 Å². The van der Waals surface area contributed by atoms with Gasteiger partial charge in [-0.3, -0.25) is 0 Å². The lowest BCUT2D eigenvalue weighted by molar-refractivity contribution is -0.116. The monoisotopic (exact) mass is 100 g/mol. The van der Waals surface area contributed by atoms with Crippen molar-refractivity contribution in [3.05, 3.63) is 6.92 Å². The van der Waals surface area contributed by atoms with Gasteiger partial charge >= 0.3 is 0 Å². The summed E-state index contributed by atoms with van der Waals surface area (Å²) in [5.41, 5.74) is 0. The Morgan fingerprint density at radius 1 is 1.29 bits per heavy atom. The summed E-state index contributed by atoms with van der Waals surface area (Å²) >= 11 is 0. The van der Waals surface area contributed by atoms with Gasteiger partial charge in [-0.05, 0) is 6.92 Å². The quantitative estimate of drug-likeness (QED) is 0.436. The Kier molecular flexibility index (Phi) is 1.65. The van der Waals surface area contributed by atoms with Crippen molar-refractivity contribution in [2.75, 3.05) is 20.0 Å². The Morgan fingerprint density at radius 2 is 1.86 bits per heavy atom. The van der Waals surface area contributed by atoms with Crippen molar-refractivity contribution >= 4 is 0 Å². The summed E-state index contributed by atoms with van der Waals surface area (Å²) in [4.78, 5) is 0. The minimum Gasteiger partial charge on any atom is -0.355 e. The fourth-order valence-electron chi connectivity index (χ4n) is 0.506. The summed E-state index contributed by atoms with van der Waals surface area (Å²) in [6.07, 6.45) is 0. The van der Waals surface area contributed by atoms with E-state index in [0.717, 1.165) is 0 Å². The Labute approximate surface area is 43.4 Å². The van der Waals surface area contributed by atoms with Crippen LogP contribution in [-0.2, 0) is 9.47 Å². The first kappa shape index (κ1) is 5.06. The molecule has 0 aromatic rings. The van der Waals surface area contributed by atoms with Crippen LogP contribution in [0.2, 0.25) is 0 Å². The highest BCUT2D eigenvalue weighted by Crippen LogP contribution is 2.01. The van der Waals surface area contributed by atoms with Crippen molar-refractivity contribution < 1.29 is 9.47 Å². The maximum absolute atomic E-state index is 5.38. The van der Waals surface area contributed by atoms with Crippen molar-refractivity contribution in [3.8, 4) is 0 Å². The fourth-order valence-corrected chi connectivity index (χ4v) is 0.506. The summed E-state index contributed by atoms with van der Waals surface area (Å²) in [5.74, 6) is 0.0914. The van der Waals surface area contributed by atoms with Gasteiger partial charge in [0, 0.05) is 5.92 Å². The average Bonchev–Trinajstić information content (AvgIpc) is 1.69. The van der Waals surface area contributed by atoms with E-state index in [1.807, 2.05) is 0 Å². The van der Waals surface area contributed by atoms with Crippen LogP contribution in [0.4, 0.5) is 0 Å². The molecule has 1 aliphatic rings. The lowest BCUT2D eigenvalue weighted by atomic mass is 10.2. The standard InChI is InChI=1S/C5H8O2/c1-5-2-6-4-7-3-5/h1,5H,2-4H2. The molecule has 1 saturated heterocycles. The summed E-state index contributed by atoms with van der Waals surface area (Å²) < 4.78 is 9.67. The van der Waals surface area contributed by atoms with E-state index in [0.29, 0.717) is 20.0 Å². The van der Waals surface area contributed by atoms with Crippen molar-refractivity contribution in [3.63, 3.8) is 0 Å². The van der Waals surface area contributed by atoms with Crippen molar-refractivity contribution in [1.29, 1.82) is 0 Å². The van der Waals surface area contributed by atoms with E-state index < -0.39 is 0 Å². The van der Waals surface area contributed by atoms with Gasteiger partial charge in [-0.2, -0.15) is 0 Å². The van der Waals surface area contributed by atoms with Crippen LogP contribution in [0.1, 0.15) is 0 Å². The largest absolute Gasteiger partial charge is 0.355 e. The van der Waals surface area contributed by atoms with Gasteiger partial charge in [-0.1, -0.05) is 0 Å². The number of hydrogen-bond acceptors (Lipinski definition) is 2. The van der Waals surface area contributed by atoms with E-state index in [9.17, 15) is 0 Å². The second-order valence-electron chi connectivity index (χ2n) is 1.62. The maximum Gasteiger partial charge on any atom is 0.146 e. The van der Waals surface area contributed by atoms with E-state index >= 15 is 0 Å². The molecule has 40 valence electrons. The maximum atomic E-state index is 5.38. The van der Waals surface area contributed by atoms with E-state index in [1.165, 1.54) is 0 Å². The Hall–Kier alpha value is -0.0800. The summed E-state index contributed by atoms with van der Waals surface area (Å²) in [6.45, 7) is 7.07. The van der Waals surface area contributed by atoms with E-state index in [4.69, 9.17) is 16.4 Å². The minimum absolute atomic E-state index is 0.0914. The van der Waals surface area contributed by atoms with Crippen molar-refractivity contribution in [2.45, 2.75) is 0 Å². The first-order valence-corrected chi connectivity index (χ1v) is 2.30. The molecule has 0 aromatic heterocycles. The highest BCUT2D eigenvalue weighted by atomic mass is 16.7. The SMILES string of the molecule is [CH]C1COCOC1. The zero-order valence-electron chi connectivity index (χ0n) is 4.09. The normalized spacial score (nSPS) is 25.3. The molecule has 1 fully saturated rings. The van der Waals surface area contributed by atoms with Crippen LogP contribution in [-0.4, -0.2) is 20.0 Å². The molecule has 0 aliphatic carbocycles. The lowest BCUT2D eigenvalue weighted by Crippen LogP contribution is -2.21. The smallest absolute Gasteiger partial charge is 0.146 e. The van der Waals surface area contributed by atoms with Gasteiger partial charge in [0.15, 0.2) is 0 Å². The number of rotatable bonds is 0. The molecule has 0 N–H and O–H groups in total. The van der Waals surface area contributed by atoms with Gasteiger partial charge in [-0.15, -0.1) is 0 Å². The highest BCUT2D eigenvalue weighted by molar-refractivity contribution is 4.59. The Bertz CT molecular complexity index is 48.0. The fraction of sp³-hybridized carbons (Fsp3) is 0.800. The molecular formula is C5H8O2. The van der Waals surface area contributed by atoms with Crippen LogP contribution >= 0.6 is 0 Å². The van der Waals surface area contributed by atoms with Gasteiger partial charge in [0.1, 0.15) is 6.79 Å². The molecule has 7 heavy (non-hydrogen) atoms. The van der Waals surface area contributed by atoms with Crippen LogP contribution < -0.4 is 0 Å². The molecule has 0 saturated carbocycles. The third-order valence-electron chi connectivity index (χ3n) is 0.831. The molecule has 0 spiro atoms.